The van der Waals surface area contributed by atoms with Gasteiger partial charge in [-0.15, -0.1) is 0 Å². The molecule has 0 unspecified atom stereocenters. The maximum absolute atomic E-state index is 12.1. The van der Waals surface area contributed by atoms with Crippen LogP contribution in [0.2, 0.25) is 0 Å². The largest absolute Gasteiger partial charge is 0.398 e. The molecule has 0 aliphatic rings. The third-order valence-electron chi connectivity index (χ3n) is 3.25. The second kappa shape index (κ2) is 11.5. The van der Waals surface area contributed by atoms with Gasteiger partial charge in [-0.05, 0) is 18.6 Å². The zero-order valence-corrected chi connectivity index (χ0v) is 16.1. The molecule has 0 atom stereocenters. The van der Waals surface area contributed by atoms with Crippen molar-refractivity contribution >= 4 is 11.6 Å². The van der Waals surface area contributed by atoms with Crippen LogP contribution in [0.25, 0.3) is 0 Å². The average Bonchev–Trinajstić information content (AvgIpc) is 2.65. The molecule has 1 aromatic carbocycles. The molecule has 0 radical (unpaired) electrons. The monoisotopic (exact) mass is 374 g/mol. The Bertz CT molecular complexity index is 741. The highest BCUT2D eigenvalue weighted by atomic mass is 16.7. The van der Waals surface area contributed by atoms with Crippen LogP contribution in [0, 0.1) is 0 Å². The third kappa shape index (κ3) is 6.96. The number of hydrogen-bond donors (Lipinski definition) is 3. The van der Waals surface area contributed by atoms with Crippen molar-refractivity contribution in [1.82, 2.24) is 16.3 Å². The number of hydrogen-bond acceptors (Lipinski definition) is 7. The predicted molar refractivity (Wildman–Crippen MR) is 104 cm³/mol. The lowest BCUT2D eigenvalue weighted by atomic mass is 10.0. The number of nitrogens with one attached hydrogen (secondary N) is 3. The van der Waals surface area contributed by atoms with Crippen LogP contribution in [0.1, 0.15) is 18.1 Å². The maximum Gasteiger partial charge on any atom is 0.273 e. The molecule has 8 nitrogen and oxygen atoms in total. The summed E-state index contributed by atoms with van der Waals surface area (Å²) in [5, 5.41) is 6.36. The van der Waals surface area contributed by atoms with E-state index in [4.69, 9.17) is 14.5 Å². The molecule has 0 aliphatic carbocycles. The van der Waals surface area contributed by atoms with Crippen molar-refractivity contribution in [1.29, 1.82) is 0 Å². The van der Waals surface area contributed by atoms with E-state index in [-0.39, 0.29) is 18.2 Å². The van der Waals surface area contributed by atoms with Gasteiger partial charge in [0.15, 0.2) is 5.71 Å². The fraction of sp³-hybridized carbons (Fsp3) is 0.263. The van der Waals surface area contributed by atoms with Gasteiger partial charge in [-0.25, -0.2) is 0 Å². The van der Waals surface area contributed by atoms with Gasteiger partial charge < -0.3 is 10.2 Å². The van der Waals surface area contributed by atoms with Gasteiger partial charge in [0.1, 0.15) is 13.7 Å². The lowest BCUT2D eigenvalue weighted by molar-refractivity contribution is -0.114. The molecule has 3 N–H and O–H groups in total. The quantitative estimate of drug-likeness (QED) is 0.311. The first-order chi connectivity index (χ1) is 12.9. The summed E-state index contributed by atoms with van der Waals surface area (Å²) < 4.78 is 0. The lowest BCUT2D eigenvalue weighted by Crippen LogP contribution is -2.29. The van der Waals surface area contributed by atoms with Gasteiger partial charge in [-0.2, -0.15) is 0 Å². The summed E-state index contributed by atoms with van der Waals surface area (Å²) in [6.07, 6.45) is 1.76. The standard InChI is InChI=1S/C19H26N4O4/c1-13(2)11-17(22-25-5)14(3)21-27-12-15-9-7-8-10-16(15)18(23-26-6)19(24)20-4/h7-11,21-22H,1,3,12H2,2,4-6H3,(H,20,24). The van der Waals surface area contributed by atoms with E-state index in [9.17, 15) is 4.79 Å². The van der Waals surface area contributed by atoms with E-state index in [0.29, 0.717) is 17.0 Å². The number of oxime groups is 1. The Hall–Kier alpha value is -3.10. The Morgan fingerprint density at radius 1 is 1.22 bits per heavy atom. The molecule has 0 spiro atoms. The third-order valence-corrected chi connectivity index (χ3v) is 3.25. The number of carbonyl (C=O) groups excluding carboxylic acids is 1. The van der Waals surface area contributed by atoms with E-state index < -0.39 is 0 Å². The number of nitrogens with zero attached hydrogens (tertiary/aromatic N) is 1. The maximum atomic E-state index is 12.1. The van der Waals surface area contributed by atoms with Crippen LogP contribution in [-0.2, 0) is 25.9 Å². The second-order valence-electron chi connectivity index (χ2n) is 5.44. The minimum atomic E-state index is -0.363. The van der Waals surface area contributed by atoms with Crippen molar-refractivity contribution in [3.8, 4) is 0 Å². The van der Waals surface area contributed by atoms with E-state index in [1.807, 2.05) is 19.1 Å². The lowest BCUT2D eigenvalue weighted by Gasteiger charge is -2.15. The van der Waals surface area contributed by atoms with Crippen molar-refractivity contribution in [3.63, 3.8) is 0 Å². The van der Waals surface area contributed by atoms with Crippen molar-refractivity contribution in [2.24, 2.45) is 5.16 Å². The molecule has 146 valence electrons. The number of rotatable bonds is 11. The molecule has 0 heterocycles. The smallest absolute Gasteiger partial charge is 0.273 e. The van der Waals surface area contributed by atoms with Crippen molar-refractivity contribution < 1.29 is 19.3 Å². The molecule has 0 aromatic heterocycles. The number of allylic oxidation sites excluding steroid dienone is 2. The summed E-state index contributed by atoms with van der Waals surface area (Å²) >= 11 is 0. The summed E-state index contributed by atoms with van der Waals surface area (Å²) in [5.41, 5.74) is 8.78. The summed E-state index contributed by atoms with van der Waals surface area (Å²) in [7, 11) is 4.40. The van der Waals surface area contributed by atoms with Crippen molar-refractivity contribution in [2.75, 3.05) is 21.3 Å². The van der Waals surface area contributed by atoms with E-state index in [1.165, 1.54) is 21.3 Å². The zero-order valence-electron chi connectivity index (χ0n) is 16.1. The highest BCUT2D eigenvalue weighted by Gasteiger charge is 2.17. The SMILES string of the molecule is C=C(C)C=C(NOC)C(=C)NOCc1ccccc1C(=NOC)C(=O)NC. The van der Waals surface area contributed by atoms with Crippen LogP contribution in [0.15, 0.2) is 65.6 Å². The number of amides is 1. The molecule has 0 aliphatic heterocycles. The molecule has 27 heavy (non-hydrogen) atoms. The minimum Gasteiger partial charge on any atom is -0.398 e. The first-order valence-corrected chi connectivity index (χ1v) is 8.09. The molecule has 1 amide bonds. The first-order valence-electron chi connectivity index (χ1n) is 8.09. The molecule has 8 heteroatoms. The molecular weight excluding hydrogens is 348 g/mol. The summed E-state index contributed by atoms with van der Waals surface area (Å²) in [4.78, 5) is 27.3. The Morgan fingerprint density at radius 3 is 2.52 bits per heavy atom. The van der Waals surface area contributed by atoms with E-state index in [1.54, 1.807) is 18.2 Å². The number of hydroxylamine groups is 2. The second-order valence-corrected chi connectivity index (χ2v) is 5.44. The van der Waals surface area contributed by atoms with Crippen LogP contribution >= 0.6 is 0 Å². The topological polar surface area (TPSA) is 93.2 Å². The average molecular weight is 374 g/mol. The molecular formula is C19H26N4O4. The van der Waals surface area contributed by atoms with Gasteiger partial charge in [-0.1, -0.05) is 48.2 Å². The van der Waals surface area contributed by atoms with Crippen LogP contribution in [0.5, 0.6) is 0 Å². The van der Waals surface area contributed by atoms with Crippen molar-refractivity contribution in [3.05, 3.63) is 71.6 Å². The van der Waals surface area contributed by atoms with E-state index in [0.717, 1.165) is 11.1 Å². The number of benzene rings is 1. The summed E-state index contributed by atoms with van der Waals surface area (Å²) in [5.74, 6) is -0.363. The molecule has 1 aromatic rings. The molecule has 0 saturated heterocycles. The van der Waals surface area contributed by atoms with Gasteiger partial charge in [-0.3, -0.25) is 25.4 Å². The summed E-state index contributed by atoms with van der Waals surface area (Å²) in [6, 6.07) is 7.23. The Morgan fingerprint density at radius 2 is 1.93 bits per heavy atom. The normalized spacial score (nSPS) is 11.6. The molecule has 1 rings (SSSR count). The zero-order chi connectivity index (χ0) is 20.2. The van der Waals surface area contributed by atoms with Gasteiger partial charge in [0.05, 0.1) is 18.5 Å². The van der Waals surface area contributed by atoms with Crippen LogP contribution in [0.4, 0.5) is 0 Å². The Labute approximate surface area is 159 Å². The van der Waals surface area contributed by atoms with Crippen LogP contribution < -0.4 is 16.3 Å². The van der Waals surface area contributed by atoms with Crippen LogP contribution in [0.3, 0.4) is 0 Å². The predicted octanol–water partition coefficient (Wildman–Crippen LogP) is 1.93. The molecule has 0 bridgehead atoms. The first kappa shape index (κ1) is 21.9. The van der Waals surface area contributed by atoms with E-state index >= 15 is 0 Å². The summed E-state index contributed by atoms with van der Waals surface area (Å²) in [6.45, 7) is 9.71. The van der Waals surface area contributed by atoms with Gasteiger partial charge in [0.25, 0.3) is 5.91 Å². The van der Waals surface area contributed by atoms with Crippen molar-refractivity contribution in [2.45, 2.75) is 13.5 Å². The highest BCUT2D eigenvalue weighted by molar-refractivity contribution is 6.45. The number of carbonyl (C=O) groups is 1. The Kier molecular flexibility index (Phi) is 9.35. The highest BCUT2D eigenvalue weighted by Crippen LogP contribution is 2.13. The van der Waals surface area contributed by atoms with Gasteiger partial charge in [0, 0.05) is 12.6 Å². The molecule has 0 fully saturated rings. The minimum absolute atomic E-state index is 0.155. The fourth-order valence-corrected chi connectivity index (χ4v) is 2.09. The van der Waals surface area contributed by atoms with Gasteiger partial charge >= 0.3 is 0 Å². The fourth-order valence-electron chi connectivity index (χ4n) is 2.09. The van der Waals surface area contributed by atoms with E-state index in [2.05, 4.69) is 34.6 Å². The molecule has 0 saturated carbocycles. The van der Waals surface area contributed by atoms with Crippen LogP contribution in [-0.4, -0.2) is 32.9 Å². The Balaban J connectivity index is 2.89. The number of likely N-dealkylation sites (N-methyl/N-ethyl adjacent to an activating group) is 1. The van der Waals surface area contributed by atoms with Gasteiger partial charge in [0.2, 0.25) is 0 Å².